The SMILES string of the molecule is CC1O[C@@H](O[C@@H]2CO[C@@H](OCCN=[N+]=[N-])[C@@H](O)C2O)[C@@H](C)C(O[C@H]2OC[C@@H](O)C(O)[C@@H]2C)[C@@H]1C.O=C=O. The summed E-state index contributed by atoms with van der Waals surface area (Å²) in [6.45, 7) is 7.58. The van der Waals surface area contributed by atoms with Gasteiger partial charge in [-0.05, 0) is 12.5 Å². The van der Waals surface area contributed by atoms with Gasteiger partial charge in [0.15, 0.2) is 18.9 Å². The number of aliphatic hydroxyl groups excluding tert-OH is 4. The number of ether oxygens (including phenoxy) is 6. The Morgan fingerprint density at radius 1 is 0.892 bits per heavy atom. The van der Waals surface area contributed by atoms with E-state index in [-0.39, 0.29) is 56.6 Å². The molecule has 4 N–H and O–H groups in total. The fourth-order valence-corrected chi connectivity index (χ4v) is 4.50. The highest BCUT2D eigenvalue weighted by Gasteiger charge is 2.48. The van der Waals surface area contributed by atoms with Crippen LogP contribution in [0.1, 0.15) is 27.7 Å². The molecule has 13 atom stereocenters. The largest absolute Gasteiger partial charge is 0.390 e. The van der Waals surface area contributed by atoms with E-state index in [9.17, 15) is 20.4 Å². The monoisotopic (exact) mass is 535 g/mol. The molecule has 0 radical (unpaired) electrons. The van der Waals surface area contributed by atoms with Gasteiger partial charge in [-0.1, -0.05) is 25.9 Å². The molecule has 212 valence electrons. The summed E-state index contributed by atoms with van der Waals surface area (Å²) < 4.78 is 34.8. The minimum absolute atomic E-state index is 0.0206. The maximum absolute atomic E-state index is 10.6. The molecule has 0 spiro atoms. The van der Waals surface area contributed by atoms with Crippen molar-refractivity contribution in [2.45, 2.75) is 89.3 Å². The molecule has 3 saturated heterocycles. The highest BCUT2D eigenvalue weighted by atomic mass is 16.7. The molecule has 15 heteroatoms. The molecule has 37 heavy (non-hydrogen) atoms. The van der Waals surface area contributed by atoms with Crippen LogP contribution in [0.25, 0.3) is 10.4 Å². The molecule has 0 aromatic carbocycles. The lowest BCUT2D eigenvalue weighted by Gasteiger charge is -2.48. The first-order valence-corrected chi connectivity index (χ1v) is 12.1. The van der Waals surface area contributed by atoms with E-state index in [2.05, 4.69) is 10.0 Å². The molecule has 0 saturated carbocycles. The molecule has 0 aromatic rings. The van der Waals surface area contributed by atoms with Crippen LogP contribution in [0.5, 0.6) is 0 Å². The Labute approximate surface area is 214 Å². The number of azide groups is 1. The van der Waals surface area contributed by atoms with Gasteiger partial charge in [-0.15, -0.1) is 0 Å². The Hall–Kier alpha value is -1.71. The van der Waals surface area contributed by atoms with Crippen molar-refractivity contribution in [2.24, 2.45) is 22.9 Å². The fraction of sp³-hybridized carbons (Fsp3) is 0.955. The normalized spacial score (nSPS) is 44.1. The van der Waals surface area contributed by atoms with Crippen LogP contribution in [-0.4, -0.2) is 115 Å². The average molecular weight is 536 g/mol. The minimum Gasteiger partial charge on any atom is -0.390 e. The number of carbonyl (C=O) groups excluding carboxylic acids is 2. The quantitative estimate of drug-likeness (QED) is 0.131. The zero-order chi connectivity index (χ0) is 27.7. The Balaban J connectivity index is 0.00000153. The van der Waals surface area contributed by atoms with Gasteiger partial charge in [0.05, 0.1) is 38.1 Å². The van der Waals surface area contributed by atoms with Crippen molar-refractivity contribution in [3.8, 4) is 0 Å². The third-order valence-corrected chi connectivity index (χ3v) is 6.92. The minimum atomic E-state index is -1.36. The van der Waals surface area contributed by atoms with Gasteiger partial charge < -0.3 is 48.8 Å². The number of hydrogen-bond donors (Lipinski definition) is 4. The summed E-state index contributed by atoms with van der Waals surface area (Å²) in [5.41, 5.74) is 8.31. The molecule has 15 nitrogen and oxygen atoms in total. The first-order chi connectivity index (χ1) is 17.6. The van der Waals surface area contributed by atoms with Crippen molar-refractivity contribution < 1.29 is 58.4 Å². The van der Waals surface area contributed by atoms with E-state index in [1.54, 1.807) is 6.92 Å². The summed E-state index contributed by atoms with van der Waals surface area (Å²) in [5.74, 6) is -0.741. The van der Waals surface area contributed by atoms with Gasteiger partial charge in [-0.2, -0.15) is 9.59 Å². The molecule has 3 aliphatic rings. The molecule has 3 rings (SSSR count). The third kappa shape index (κ3) is 8.14. The maximum Gasteiger partial charge on any atom is 0.373 e. The molecule has 0 aromatic heterocycles. The van der Waals surface area contributed by atoms with E-state index in [4.69, 9.17) is 43.5 Å². The lowest BCUT2D eigenvalue weighted by atomic mass is 9.85. The van der Waals surface area contributed by atoms with Gasteiger partial charge in [-0.3, -0.25) is 0 Å². The second-order valence-electron chi connectivity index (χ2n) is 9.41. The van der Waals surface area contributed by atoms with Crippen molar-refractivity contribution in [1.82, 2.24) is 0 Å². The van der Waals surface area contributed by atoms with E-state index in [0.717, 1.165) is 0 Å². The summed E-state index contributed by atoms with van der Waals surface area (Å²) >= 11 is 0. The molecule has 0 aliphatic carbocycles. The number of rotatable bonds is 8. The summed E-state index contributed by atoms with van der Waals surface area (Å²) in [6.07, 6.45) is -8.32. The first kappa shape index (κ1) is 31.5. The average Bonchev–Trinajstić information content (AvgIpc) is 2.87. The van der Waals surface area contributed by atoms with Crippen molar-refractivity contribution in [3.05, 3.63) is 10.4 Å². The van der Waals surface area contributed by atoms with Crippen LogP contribution in [0.3, 0.4) is 0 Å². The van der Waals surface area contributed by atoms with Crippen LogP contribution < -0.4 is 0 Å². The zero-order valence-electron chi connectivity index (χ0n) is 21.2. The lowest BCUT2D eigenvalue weighted by Crippen LogP contribution is -2.59. The first-order valence-electron chi connectivity index (χ1n) is 12.1. The number of aliphatic hydroxyl groups is 4. The topological polar surface area (TPSA) is 219 Å². The highest BCUT2D eigenvalue weighted by molar-refractivity contribution is 5.20. The van der Waals surface area contributed by atoms with Crippen LogP contribution in [-0.2, 0) is 38.0 Å². The Morgan fingerprint density at radius 3 is 2.19 bits per heavy atom. The highest BCUT2D eigenvalue weighted by Crippen LogP contribution is 2.37. The second-order valence-corrected chi connectivity index (χ2v) is 9.41. The third-order valence-electron chi connectivity index (χ3n) is 6.92. The van der Waals surface area contributed by atoms with E-state index in [1.165, 1.54) is 0 Å². The van der Waals surface area contributed by atoms with Crippen molar-refractivity contribution in [1.29, 1.82) is 0 Å². The number of hydrogen-bond acceptors (Lipinski definition) is 13. The molecule has 3 fully saturated rings. The zero-order valence-corrected chi connectivity index (χ0v) is 21.2. The predicted molar refractivity (Wildman–Crippen MR) is 120 cm³/mol. The van der Waals surface area contributed by atoms with E-state index < -0.39 is 55.3 Å². The van der Waals surface area contributed by atoms with Gasteiger partial charge >= 0.3 is 6.15 Å². The summed E-state index contributed by atoms with van der Waals surface area (Å²) in [5, 5.41) is 44.3. The van der Waals surface area contributed by atoms with Crippen LogP contribution in [0.15, 0.2) is 5.11 Å². The molecule has 3 aliphatic heterocycles. The Bertz CT molecular complexity index is 780. The van der Waals surface area contributed by atoms with Crippen LogP contribution in [0, 0.1) is 17.8 Å². The smallest absolute Gasteiger partial charge is 0.373 e. The second kappa shape index (κ2) is 15.0. The summed E-state index contributed by atoms with van der Waals surface area (Å²) in [6, 6.07) is 0. The van der Waals surface area contributed by atoms with Crippen LogP contribution >= 0.6 is 0 Å². The molecular formula is C22H37N3O12. The standard InChI is InChI=1S/C21H37N3O10.CO2/c1-9-12(4)32-20(11(3)18(9)34-19-10(2)15(26)13(25)7-30-19)33-14-8-31-21(17(28)16(14)27)29-6-5-23-24-22;2-1-3/h9-21,25-28H,5-8H2,1-4H3;/t9-,10+,11+,12?,13-,14-,15?,16?,17+,18?,19-,20+,21-;/m1./s1. The molecular weight excluding hydrogens is 498 g/mol. The fourth-order valence-electron chi connectivity index (χ4n) is 4.50. The molecule has 0 amide bonds. The van der Waals surface area contributed by atoms with Crippen molar-refractivity contribution in [3.63, 3.8) is 0 Å². The molecule has 3 heterocycles. The van der Waals surface area contributed by atoms with Gasteiger partial charge in [0.1, 0.15) is 24.4 Å². The van der Waals surface area contributed by atoms with E-state index in [0.29, 0.717) is 0 Å². The van der Waals surface area contributed by atoms with Gasteiger partial charge in [0, 0.05) is 29.2 Å². The summed E-state index contributed by atoms with van der Waals surface area (Å²) in [4.78, 5) is 18.9. The van der Waals surface area contributed by atoms with Crippen LogP contribution in [0.2, 0.25) is 0 Å². The van der Waals surface area contributed by atoms with Crippen molar-refractivity contribution >= 4 is 6.15 Å². The van der Waals surface area contributed by atoms with Gasteiger partial charge in [0.2, 0.25) is 0 Å². The van der Waals surface area contributed by atoms with Crippen LogP contribution in [0.4, 0.5) is 0 Å². The maximum atomic E-state index is 10.6. The predicted octanol–water partition coefficient (Wildman–Crippen LogP) is -0.690. The van der Waals surface area contributed by atoms with Gasteiger partial charge in [0.25, 0.3) is 0 Å². The molecule has 0 bridgehead atoms. The summed E-state index contributed by atoms with van der Waals surface area (Å²) in [7, 11) is 0. The van der Waals surface area contributed by atoms with E-state index >= 15 is 0 Å². The number of nitrogens with zero attached hydrogens (tertiary/aromatic N) is 3. The molecule has 4 unspecified atom stereocenters. The van der Waals surface area contributed by atoms with Gasteiger partial charge in [-0.25, -0.2) is 0 Å². The lowest BCUT2D eigenvalue weighted by molar-refractivity contribution is -0.343. The van der Waals surface area contributed by atoms with E-state index in [1.807, 2.05) is 20.8 Å². The van der Waals surface area contributed by atoms with Crippen molar-refractivity contribution in [2.75, 3.05) is 26.4 Å². The Morgan fingerprint density at radius 2 is 1.54 bits per heavy atom. The Kier molecular flexibility index (Phi) is 12.8.